The molecule has 0 spiro atoms. The summed E-state index contributed by atoms with van der Waals surface area (Å²) >= 11 is 0. The largest absolute Gasteiger partial charge is 0.274 e. The van der Waals surface area contributed by atoms with E-state index in [0.717, 1.165) is 22.4 Å². The summed E-state index contributed by atoms with van der Waals surface area (Å²) in [4.78, 5) is 23.5. The summed E-state index contributed by atoms with van der Waals surface area (Å²) in [5.41, 5.74) is 3.78. The van der Waals surface area contributed by atoms with Crippen LogP contribution in [0.5, 0.6) is 0 Å². The van der Waals surface area contributed by atoms with E-state index in [1.165, 1.54) is 12.2 Å². The summed E-state index contributed by atoms with van der Waals surface area (Å²) in [5, 5.41) is 1.39. The maximum atomic E-state index is 13.2. The summed E-state index contributed by atoms with van der Waals surface area (Å²) in [6, 6.07) is 29.2. The molecular weight excluding hydrogens is 360 g/mol. The van der Waals surface area contributed by atoms with Gasteiger partial charge >= 0.3 is 0 Å². The molecule has 1 atom stereocenters. The van der Waals surface area contributed by atoms with Crippen LogP contribution in [0.1, 0.15) is 30.0 Å². The predicted octanol–water partition coefficient (Wildman–Crippen LogP) is 4.89. The third kappa shape index (κ3) is 5.39. The fourth-order valence-corrected chi connectivity index (χ4v) is 3.13. The van der Waals surface area contributed by atoms with Gasteiger partial charge in [-0.15, -0.1) is 0 Å². The van der Waals surface area contributed by atoms with Gasteiger partial charge in [-0.2, -0.15) is 0 Å². The fraction of sp³-hybridized carbons (Fsp3) is 0.200. The lowest BCUT2D eigenvalue weighted by Crippen LogP contribution is -2.37. The molecule has 29 heavy (non-hydrogen) atoms. The highest BCUT2D eigenvalue weighted by atomic mass is 16.7. The minimum atomic E-state index is -0.533. The second-order valence-electron chi connectivity index (χ2n) is 6.68. The van der Waals surface area contributed by atoms with Crippen LogP contribution in [0.2, 0.25) is 0 Å². The molecule has 0 fully saturated rings. The van der Waals surface area contributed by atoms with Gasteiger partial charge < -0.3 is 0 Å². The molecule has 4 nitrogen and oxygen atoms in total. The van der Waals surface area contributed by atoms with Crippen molar-refractivity contribution in [3.63, 3.8) is 0 Å². The van der Waals surface area contributed by atoms with E-state index in [1.807, 2.05) is 97.9 Å². The van der Waals surface area contributed by atoms with Crippen LogP contribution in [0.25, 0.3) is 0 Å². The molecule has 0 heterocycles. The van der Waals surface area contributed by atoms with Crippen LogP contribution in [0, 0.1) is 0 Å². The molecule has 3 rings (SSSR count). The highest BCUT2D eigenvalue weighted by Gasteiger charge is 2.24. The number of rotatable bonds is 8. The van der Waals surface area contributed by atoms with Crippen molar-refractivity contribution in [2.45, 2.75) is 25.9 Å². The number of nitrogens with zero attached hydrogens (tertiary/aromatic N) is 2. The maximum Gasteiger partial charge on any atom is 0.271 e. The van der Waals surface area contributed by atoms with Crippen LogP contribution in [0.3, 0.4) is 0 Å². The van der Waals surface area contributed by atoms with Gasteiger partial charge in [-0.1, -0.05) is 97.9 Å². The van der Waals surface area contributed by atoms with Crippen molar-refractivity contribution in [3.8, 4) is 0 Å². The average Bonchev–Trinajstić information content (AvgIpc) is 2.79. The van der Waals surface area contributed by atoms with E-state index in [-0.39, 0.29) is 5.91 Å². The van der Waals surface area contributed by atoms with E-state index in [9.17, 15) is 4.79 Å². The fourth-order valence-electron chi connectivity index (χ4n) is 3.13. The van der Waals surface area contributed by atoms with Gasteiger partial charge in [-0.05, 0) is 12.0 Å². The second kappa shape index (κ2) is 10.3. The first kappa shape index (κ1) is 20.5. The van der Waals surface area contributed by atoms with Gasteiger partial charge in [0.15, 0.2) is 0 Å². The van der Waals surface area contributed by atoms with Gasteiger partial charge in [0, 0.05) is 11.1 Å². The van der Waals surface area contributed by atoms with Crippen molar-refractivity contribution >= 4 is 11.6 Å². The number of hydrogen-bond acceptors (Lipinski definition) is 3. The molecule has 1 amide bonds. The minimum absolute atomic E-state index is 0.150. The number of hydroxylamine groups is 2. The van der Waals surface area contributed by atoms with Crippen molar-refractivity contribution in [1.82, 2.24) is 5.06 Å². The first-order chi connectivity index (χ1) is 14.2. The monoisotopic (exact) mass is 386 g/mol. The molecule has 0 saturated carbocycles. The Labute approximate surface area is 172 Å². The van der Waals surface area contributed by atoms with Crippen LogP contribution < -0.4 is 0 Å². The zero-order valence-corrected chi connectivity index (χ0v) is 16.9. The summed E-state index contributed by atoms with van der Waals surface area (Å²) in [7, 11) is 1.52. The molecule has 0 aromatic heterocycles. The number of amides is 1. The van der Waals surface area contributed by atoms with Crippen molar-refractivity contribution in [2.24, 2.45) is 4.99 Å². The lowest BCUT2D eigenvalue weighted by molar-refractivity contribution is -0.180. The molecule has 0 N–H and O–H groups in total. The standard InChI is InChI=1S/C25H26N2O2/c1-3-23(25(28)27(29-2)19-20-13-7-4-8-14-20)26-24(21-15-9-5-10-16-21)22-17-11-6-12-18-22/h4-18,23H,3,19H2,1-2H3/t23-/m1/s1. The number of benzene rings is 3. The van der Waals surface area contributed by atoms with E-state index in [0.29, 0.717) is 13.0 Å². The number of carbonyl (C=O) groups is 1. The Bertz CT molecular complexity index is 883. The van der Waals surface area contributed by atoms with Crippen LogP contribution in [0.4, 0.5) is 0 Å². The Morgan fingerprint density at radius 3 is 1.79 bits per heavy atom. The lowest BCUT2D eigenvalue weighted by Gasteiger charge is -2.23. The highest BCUT2D eigenvalue weighted by molar-refractivity contribution is 6.13. The zero-order chi connectivity index (χ0) is 20.5. The average molecular weight is 386 g/mol. The number of hydrogen-bond donors (Lipinski definition) is 0. The third-order valence-electron chi connectivity index (χ3n) is 4.69. The van der Waals surface area contributed by atoms with Gasteiger partial charge in [0.2, 0.25) is 0 Å². The number of carbonyl (C=O) groups excluding carboxylic acids is 1. The summed E-state index contributed by atoms with van der Waals surface area (Å²) in [5.74, 6) is -0.150. The van der Waals surface area contributed by atoms with Crippen molar-refractivity contribution in [3.05, 3.63) is 108 Å². The van der Waals surface area contributed by atoms with Gasteiger partial charge in [0.25, 0.3) is 5.91 Å². The molecule has 0 bridgehead atoms. The van der Waals surface area contributed by atoms with Crippen LogP contribution in [-0.4, -0.2) is 29.8 Å². The Morgan fingerprint density at radius 1 is 0.862 bits per heavy atom. The van der Waals surface area contributed by atoms with Crippen LogP contribution in [0.15, 0.2) is 96.0 Å². The Kier molecular flexibility index (Phi) is 7.31. The minimum Gasteiger partial charge on any atom is -0.274 e. The van der Waals surface area contributed by atoms with E-state index in [1.54, 1.807) is 0 Å². The molecular formula is C25H26N2O2. The molecule has 4 heteroatoms. The Hall–Kier alpha value is -3.24. The molecule has 148 valence electrons. The molecule has 0 unspecified atom stereocenters. The van der Waals surface area contributed by atoms with Crippen molar-refractivity contribution in [2.75, 3.05) is 7.11 Å². The first-order valence-corrected chi connectivity index (χ1v) is 9.81. The molecule has 3 aromatic rings. The first-order valence-electron chi connectivity index (χ1n) is 9.81. The van der Waals surface area contributed by atoms with Gasteiger partial charge in [-0.3, -0.25) is 14.6 Å². The van der Waals surface area contributed by atoms with E-state index in [2.05, 4.69) is 0 Å². The lowest BCUT2D eigenvalue weighted by atomic mass is 10.0. The maximum absolute atomic E-state index is 13.2. The summed E-state index contributed by atoms with van der Waals surface area (Å²) in [6.45, 7) is 2.35. The van der Waals surface area contributed by atoms with Crippen molar-refractivity contribution in [1.29, 1.82) is 0 Å². The van der Waals surface area contributed by atoms with E-state index >= 15 is 0 Å². The van der Waals surface area contributed by atoms with Crippen molar-refractivity contribution < 1.29 is 9.63 Å². The summed E-state index contributed by atoms with van der Waals surface area (Å²) in [6.07, 6.45) is 0.580. The number of aliphatic imine (C=N–C) groups is 1. The third-order valence-corrected chi connectivity index (χ3v) is 4.69. The molecule has 3 aromatic carbocycles. The summed E-state index contributed by atoms with van der Waals surface area (Å²) < 4.78 is 0. The van der Waals surface area contributed by atoms with Crippen LogP contribution >= 0.6 is 0 Å². The molecule has 0 aliphatic carbocycles. The Morgan fingerprint density at radius 2 is 1.34 bits per heavy atom. The second-order valence-corrected chi connectivity index (χ2v) is 6.68. The quantitative estimate of drug-likeness (QED) is 0.408. The Balaban J connectivity index is 1.92. The molecule has 0 aliphatic rings. The zero-order valence-electron chi connectivity index (χ0n) is 16.9. The van der Waals surface area contributed by atoms with Gasteiger partial charge in [-0.25, -0.2) is 5.06 Å². The van der Waals surface area contributed by atoms with Gasteiger partial charge in [0.1, 0.15) is 6.04 Å². The van der Waals surface area contributed by atoms with Gasteiger partial charge in [0.05, 0.1) is 19.4 Å². The smallest absolute Gasteiger partial charge is 0.271 e. The predicted molar refractivity (Wildman–Crippen MR) is 117 cm³/mol. The molecule has 0 saturated heterocycles. The SMILES string of the molecule is CC[C@@H](N=C(c1ccccc1)c1ccccc1)C(=O)N(Cc1ccccc1)OC. The molecule has 0 radical (unpaired) electrons. The van der Waals surface area contributed by atoms with Crippen LogP contribution in [-0.2, 0) is 16.2 Å². The molecule has 0 aliphatic heterocycles. The highest BCUT2D eigenvalue weighted by Crippen LogP contribution is 2.16. The normalized spacial score (nSPS) is 11.5. The van der Waals surface area contributed by atoms with E-state index < -0.39 is 6.04 Å². The topological polar surface area (TPSA) is 41.9 Å². The van der Waals surface area contributed by atoms with E-state index in [4.69, 9.17) is 9.83 Å².